The maximum Gasteiger partial charge on any atom is 0.0241 e. The second kappa shape index (κ2) is 4.79. The first kappa shape index (κ1) is 12.6. The molecule has 1 aromatic rings. The van der Waals surface area contributed by atoms with E-state index < -0.39 is 0 Å². The normalized spacial score (nSPS) is 18.1. The van der Waals surface area contributed by atoms with Gasteiger partial charge in [-0.15, -0.1) is 0 Å². The molecule has 0 radical (unpaired) electrons. The van der Waals surface area contributed by atoms with Gasteiger partial charge in [-0.1, -0.05) is 45.0 Å². The van der Waals surface area contributed by atoms with E-state index in [1.54, 1.807) is 0 Å². The maximum absolute atomic E-state index is 3.45. The average molecular weight is 232 g/mol. The third-order valence-electron chi connectivity index (χ3n) is 3.74. The van der Waals surface area contributed by atoms with Crippen LogP contribution in [0.3, 0.4) is 0 Å². The minimum absolute atomic E-state index is 0.309. The Bertz CT molecular complexity index is 354. The highest BCUT2D eigenvalue weighted by atomic mass is 15.2. The molecular weight excluding hydrogens is 208 g/mol. The highest BCUT2D eigenvalue weighted by Crippen LogP contribution is 2.25. The molecule has 1 aromatic carbocycles. The predicted octanol–water partition coefficient (Wildman–Crippen LogP) is 2.64. The van der Waals surface area contributed by atoms with E-state index in [4.69, 9.17) is 0 Å². The molecule has 17 heavy (non-hydrogen) atoms. The molecule has 0 bridgehead atoms. The summed E-state index contributed by atoms with van der Waals surface area (Å²) in [5.41, 5.74) is 3.30. The Balaban J connectivity index is 2.00. The van der Waals surface area contributed by atoms with Crippen molar-refractivity contribution in [2.75, 3.05) is 13.6 Å². The molecule has 1 aliphatic rings. The van der Waals surface area contributed by atoms with Gasteiger partial charge in [-0.2, -0.15) is 0 Å². The topological polar surface area (TPSA) is 15.3 Å². The monoisotopic (exact) mass is 232 g/mol. The molecule has 0 aromatic heterocycles. The molecule has 0 aliphatic carbocycles. The molecule has 1 atom stereocenters. The first-order chi connectivity index (χ1) is 8.00. The Hall–Kier alpha value is -0.860. The highest BCUT2D eigenvalue weighted by molar-refractivity contribution is 5.30. The molecule has 2 nitrogen and oxygen atoms in total. The van der Waals surface area contributed by atoms with Gasteiger partial charge < -0.3 is 5.32 Å². The molecule has 1 N–H and O–H groups in total. The number of benzene rings is 1. The van der Waals surface area contributed by atoms with Crippen LogP contribution >= 0.6 is 0 Å². The van der Waals surface area contributed by atoms with Crippen molar-refractivity contribution in [2.45, 2.75) is 39.9 Å². The van der Waals surface area contributed by atoms with Crippen LogP contribution in [0.5, 0.6) is 0 Å². The van der Waals surface area contributed by atoms with Gasteiger partial charge in [0.05, 0.1) is 0 Å². The second-order valence-corrected chi connectivity index (χ2v) is 6.15. The summed E-state index contributed by atoms with van der Waals surface area (Å²) in [5.74, 6) is 0. The van der Waals surface area contributed by atoms with Gasteiger partial charge in [0.2, 0.25) is 0 Å². The van der Waals surface area contributed by atoms with E-state index >= 15 is 0 Å². The Kier molecular flexibility index (Phi) is 3.55. The lowest BCUT2D eigenvalue weighted by Gasteiger charge is -2.33. The van der Waals surface area contributed by atoms with Gasteiger partial charge in [-0.3, -0.25) is 4.90 Å². The van der Waals surface area contributed by atoms with Gasteiger partial charge in [0, 0.05) is 25.7 Å². The summed E-state index contributed by atoms with van der Waals surface area (Å²) >= 11 is 0. The quantitative estimate of drug-likeness (QED) is 0.862. The van der Waals surface area contributed by atoms with Gasteiger partial charge >= 0.3 is 0 Å². The van der Waals surface area contributed by atoms with Crippen molar-refractivity contribution in [1.82, 2.24) is 10.2 Å². The van der Waals surface area contributed by atoms with E-state index in [2.05, 4.69) is 62.3 Å². The zero-order valence-electron chi connectivity index (χ0n) is 11.5. The lowest BCUT2D eigenvalue weighted by molar-refractivity contribution is 0.180. The number of nitrogens with zero attached hydrogens (tertiary/aromatic N) is 1. The van der Waals surface area contributed by atoms with E-state index in [9.17, 15) is 0 Å². The van der Waals surface area contributed by atoms with Crippen molar-refractivity contribution in [2.24, 2.45) is 5.41 Å². The molecule has 0 amide bonds. The van der Waals surface area contributed by atoms with E-state index in [-0.39, 0.29) is 0 Å². The fourth-order valence-corrected chi connectivity index (χ4v) is 2.59. The van der Waals surface area contributed by atoms with Crippen LogP contribution in [0, 0.1) is 5.41 Å². The lowest BCUT2D eigenvalue weighted by atomic mass is 9.86. The summed E-state index contributed by atoms with van der Waals surface area (Å²) in [5, 5.41) is 3.45. The first-order valence-corrected chi connectivity index (χ1v) is 6.47. The van der Waals surface area contributed by atoms with Gasteiger partial charge in [-0.25, -0.2) is 0 Å². The number of fused-ring (bicyclic) bond motifs is 1. The number of hydrogen-bond acceptors (Lipinski definition) is 2. The fraction of sp³-hybridized carbons (Fsp3) is 0.600. The Labute approximate surface area is 105 Å². The Morgan fingerprint density at radius 3 is 2.12 bits per heavy atom. The van der Waals surface area contributed by atoms with Crippen molar-refractivity contribution >= 4 is 0 Å². The fourth-order valence-electron chi connectivity index (χ4n) is 2.59. The maximum atomic E-state index is 3.45. The molecular formula is C15H24N2. The van der Waals surface area contributed by atoms with Gasteiger partial charge in [-0.05, 0) is 23.6 Å². The van der Waals surface area contributed by atoms with Crippen molar-refractivity contribution in [1.29, 1.82) is 0 Å². The number of hydrogen-bond donors (Lipinski definition) is 1. The van der Waals surface area contributed by atoms with E-state index in [1.165, 1.54) is 11.1 Å². The van der Waals surface area contributed by atoms with Crippen molar-refractivity contribution in [3.63, 3.8) is 0 Å². The van der Waals surface area contributed by atoms with Crippen molar-refractivity contribution in [3.05, 3.63) is 35.4 Å². The minimum atomic E-state index is 0.309. The largest absolute Gasteiger partial charge is 0.315 e. The van der Waals surface area contributed by atoms with E-state index in [0.29, 0.717) is 11.5 Å². The summed E-state index contributed by atoms with van der Waals surface area (Å²) in [4.78, 5) is 2.54. The van der Waals surface area contributed by atoms with Crippen LogP contribution in [0.4, 0.5) is 0 Å². The van der Waals surface area contributed by atoms with Crippen LogP contribution in [0.2, 0.25) is 0 Å². The summed E-state index contributed by atoms with van der Waals surface area (Å²) in [7, 11) is 2.07. The Morgan fingerprint density at radius 1 is 1.18 bits per heavy atom. The predicted molar refractivity (Wildman–Crippen MR) is 72.9 cm³/mol. The molecule has 0 spiro atoms. The third-order valence-corrected chi connectivity index (χ3v) is 3.74. The highest BCUT2D eigenvalue weighted by Gasteiger charge is 2.27. The smallest absolute Gasteiger partial charge is 0.0241 e. The van der Waals surface area contributed by atoms with Crippen LogP contribution in [0.15, 0.2) is 24.3 Å². The third kappa shape index (κ3) is 2.88. The van der Waals surface area contributed by atoms with Crippen LogP contribution < -0.4 is 5.32 Å². The number of nitrogens with one attached hydrogen (secondary N) is 1. The molecule has 1 unspecified atom stereocenters. The molecule has 2 rings (SSSR count). The number of rotatable bonds is 3. The van der Waals surface area contributed by atoms with Crippen LogP contribution in [0.1, 0.15) is 31.9 Å². The molecule has 1 aliphatic heterocycles. The molecule has 0 fully saturated rings. The summed E-state index contributed by atoms with van der Waals surface area (Å²) in [6, 6.07) is 9.32. The lowest BCUT2D eigenvalue weighted by Crippen LogP contribution is -2.45. The standard InChI is InChI=1S/C15H24N2/c1-15(2,3)14(16-4)11-17-9-12-7-5-6-8-13(12)10-17/h5-8,14,16H,9-11H2,1-4H3. The molecule has 1 heterocycles. The Morgan fingerprint density at radius 2 is 1.71 bits per heavy atom. The molecule has 94 valence electrons. The average Bonchev–Trinajstić information content (AvgIpc) is 2.66. The second-order valence-electron chi connectivity index (χ2n) is 6.15. The first-order valence-electron chi connectivity index (χ1n) is 6.47. The van der Waals surface area contributed by atoms with Gasteiger partial charge in [0.25, 0.3) is 0 Å². The zero-order chi connectivity index (χ0) is 12.5. The van der Waals surface area contributed by atoms with Gasteiger partial charge in [0.15, 0.2) is 0 Å². The summed E-state index contributed by atoms with van der Waals surface area (Å²) in [6.07, 6.45) is 0. The molecule has 0 saturated carbocycles. The van der Waals surface area contributed by atoms with Crippen molar-refractivity contribution in [3.8, 4) is 0 Å². The number of likely N-dealkylation sites (N-methyl/N-ethyl adjacent to an activating group) is 1. The summed E-state index contributed by atoms with van der Waals surface area (Å²) in [6.45, 7) is 10.2. The van der Waals surface area contributed by atoms with E-state index in [0.717, 1.165) is 19.6 Å². The van der Waals surface area contributed by atoms with E-state index in [1.807, 2.05) is 0 Å². The molecule has 0 saturated heterocycles. The zero-order valence-corrected chi connectivity index (χ0v) is 11.5. The van der Waals surface area contributed by atoms with Crippen molar-refractivity contribution < 1.29 is 0 Å². The van der Waals surface area contributed by atoms with Crippen LogP contribution in [-0.4, -0.2) is 24.5 Å². The summed E-state index contributed by atoms with van der Waals surface area (Å²) < 4.78 is 0. The van der Waals surface area contributed by atoms with Gasteiger partial charge in [0.1, 0.15) is 0 Å². The SMILES string of the molecule is CNC(CN1Cc2ccccc2C1)C(C)(C)C. The van der Waals surface area contributed by atoms with Crippen LogP contribution in [-0.2, 0) is 13.1 Å². The molecule has 2 heteroatoms. The van der Waals surface area contributed by atoms with Crippen LogP contribution in [0.25, 0.3) is 0 Å². The minimum Gasteiger partial charge on any atom is -0.315 e.